The number of amides is 1. The maximum atomic E-state index is 12.3. The Labute approximate surface area is 217 Å². The summed E-state index contributed by atoms with van der Waals surface area (Å²) in [5, 5.41) is 7.39. The molecule has 0 aromatic carbocycles. The van der Waals surface area contributed by atoms with Crippen molar-refractivity contribution in [1.29, 1.82) is 0 Å². The molecule has 0 bridgehead atoms. The molecule has 35 heavy (non-hydrogen) atoms. The predicted molar refractivity (Wildman–Crippen MR) is 153 cm³/mol. The molecule has 1 aromatic rings. The third-order valence-corrected chi connectivity index (χ3v) is 6.84. The number of thiazole rings is 1. The summed E-state index contributed by atoms with van der Waals surface area (Å²) in [4.78, 5) is 18.3. The van der Waals surface area contributed by atoms with E-state index in [1.807, 2.05) is 0 Å². The number of aryl methyl sites for hydroxylation is 1. The smallest absolute Gasteiger partial charge is 0.226 e. The molecule has 0 fully saturated rings. The normalized spacial score (nSPS) is 16.5. The SMILES string of the molecule is CC/C=C\CC=CCC=CC/C=C\C/C=C\CCCC(=O)Nc1nc2c(s1)C[C@H](NCCC)CC2. The first-order chi connectivity index (χ1) is 17.2. The molecule has 0 spiro atoms. The highest BCUT2D eigenvalue weighted by molar-refractivity contribution is 7.15. The number of aromatic nitrogens is 1. The molecule has 1 amide bonds. The van der Waals surface area contributed by atoms with Crippen LogP contribution in [0.25, 0.3) is 0 Å². The van der Waals surface area contributed by atoms with Crippen molar-refractivity contribution in [3.63, 3.8) is 0 Å². The number of hydrogen-bond acceptors (Lipinski definition) is 4. The second-order valence-corrected chi connectivity index (χ2v) is 10.0. The Kier molecular flexibility index (Phi) is 15.7. The summed E-state index contributed by atoms with van der Waals surface area (Å²) in [5.41, 5.74) is 1.18. The Morgan fingerprint density at radius 1 is 0.943 bits per heavy atom. The minimum atomic E-state index is 0.0732. The van der Waals surface area contributed by atoms with Crippen molar-refractivity contribution < 1.29 is 4.79 Å². The molecule has 0 aliphatic heterocycles. The van der Waals surface area contributed by atoms with Crippen LogP contribution >= 0.6 is 11.3 Å². The number of rotatable bonds is 17. The zero-order valence-electron chi connectivity index (χ0n) is 21.8. The quantitative estimate of drug-likeness (QED) is 0.171. The van der Waals surface area contributed by atoms with Crippen LogP contribution in [0.3, 0.4) is 0 Å². The number of hydrogen-bond donors (Lipinski definition) is 2. The van der Waals surface area contributed by atoms with E-state index >= 15 is 0 Å². The molecule has 1 heterocycles. The molecule has 1 aliphatic rings. The van der Waals surface area contributed by atoms with Crippen molar-refractivity contribution >= 4 is 22.4 Å². The molecule has 0 radical (unpaired) electrons. The summed E-state index contributed by atoms with van der Waals surface area (Å²) in [6, 6.07) is 0.551. The fourth-order valence-corrected chi connectivity index (χ4v) is 4.99. The molecule has 2 rings (SSSR count). The first kappa shape index (κ1) is 29.0. The lowest BCUT2D eigenvalue weighted by Gasteiger charge is -2.21. The zero-order valence-corrected chi connectivity index (χ0v) is 22.6. The number of anilines is 1. The summed E-state index contributed by atoms with van der Waals surface area (Å²) in [5.74, 6) is 0.0732. The highest BCUT2D eigenvalue weighted by atomic mass is 32.1. The molecule has 4 nitrogen and oxygen atoms in total. The van der Waals surface area contributed by atoms with E-state index in [1.54, 1.807) is 11.3 Å². The van der Waals surface area contributed by atoms with E-state index in [0.717, 1.165) is 82.3 Å². The number of carbonyl (C=O) groups excluding carboxylic acids is 1. The molecule has 2 N–H and O–H groups in total. The lowest BCUT2D eigenvalue weighted by molar-refractivity contribution is -0.116. The Morgan fingerprint density at radius 2 is 1.57 bits per heavy atom. The van der Waals surface area contributed by atoms with Gasteiger partial charge >= 0.3 is 0 Å². The summed E-state index contributed by atoms with van der Waals surface area (Å²) in [7, 11) is 0. The molecule has 1 aliphatic carbocycles. The van der Waals surface area contributed by atoms with E-state index in [-0.39, 0.29) is 5.91 Å². The van der Waals surface area contributed by atoms with Crippen LogP contribution in [-0.2, 0) is 17.6 Å². The van der Waals surface area contributed by atoms with Gasteiger partial charge in [-0.05, 0) is 77.2 Å². The standard InChI is InChI=1S/C30H45N3OS/c1-3-5-6-7-8-9-10-11-12-13-14-15-16-17-18-19-20-21-29(34)33-30-32-27-23-22-26(31-24-4-2)25-28(27)35-30/h5-6,8-9,11-12,14-15,17-18,26,31H,3-4,7,10,13,16,19-25H2,1-2H3,(H,32,33,34)/b6-5-,9-8?,12-11?,15-14-,18-17-/t26-/m1/s1. The molecule has 1 atom stereocenters. The predicted octanol–water partition coefficient (Wildman–Crippen LogP) is 7.86. The molecule has 1 aromatic heterocycles. The fraction of sp³-hybridized carbons (Fsp3) is 0.533. The van der Waals surface area contributed by atoms with E-state index in [0.29, 0.717) is 12.5 Å². The third kappa shape index (κ3) is 13.4. The van der Waals surface area contributed by atoms with Crippen LogP contribution in [0.15, 0.2) is 60.8 Å². The highest BCUT2D eigenvalue weighted by Crippen LogP contribution is 2.30. The number of fused-ring (bicyclic) bond motifs is 1. The monoisotopic (exact) mass is 495 g/mol. The summed E-state index contributed by atoms with van der Waals surface area (Å²) in [6.07, 6.45) is 33.8. The average molecular weight is 496 g/mol. The second kappa shape index (κ2) is 19.0. The van der Waals surface area contributed by atoms with Crippen LogP contribution in [0.1, 0.15) is 88.6 Å². The molecule has 192 valence electrons. The third-order valence-electron chi connectivity index (χ3n) is 5.80. The van der Waals surface area contributed by atoms with Gasteiger partial charge in [0.2, 0.25) is 5.91 Å². The summed E-state index contributed by atoms with van der Waals surface area (Å²) < 4.78 is 0. The van der Waals surface area contributed by atoms with Crippen molar-refractivity contribution in [2.75, 3.05) is 11.9 Å². The van der Waals surface area contributed by atoms with Gasteiger partial charge in [0, 0.05) is 17.3 Å². The minimum absolute atomic E-state index is 0.0732. The molecular formula is C30H45N3OS. The number of unbranched alkanes of at least 4 members (excludes halogenated alkanes) is 1. The molecule has 0 saturated heterocycles. The van der Waals surface area contributed by atoms with Gasteiger partial charge in [0.05, 0.1) is 5.69 Å². The summed E-state index contributed by atoms with van der Waals surface area (Å²) >= 11 is 1.65. The van der Waals surface area contributed by atoms with Gasteiger partial charge in [0.1, 0.15) is 0 Å². The van der Waals surface area contributed by atoms with E-state index in [9.17, 15) is 4.79 Å². The van der Waals surface area contributed by atoms with Crippen molar-refractivity contribution in [2.24, 2.45) is 0 Å². The van der Waals surface area contributed by atoms with Gasteiger partial charge in [0.25, 0.3) is 0 Å². The summed E-state index contributed by atoms with van der Waals surface area (Å²) in [6.45, 7) is 5.42. The number of nitrogens with zero attached hydrogens (tertiary/aromatic N) is 1. The Balaban J connectivity index is 1.51. The lowest BCUT2D eigenvalue weighted by atomic mass is 9.98. The number of nitrogens with one attached hydrogen (secondary N) is 2. The topological polar surface area (TPSA) is 54.0 Å². The van der Waals surface area contributed by atoms with E-state index in [2.05, 4.69) is 90.2 Å². The number of carbonyl (C=O) groups is 1. The van der Waals surface area contributed by atoms with Crippen LogP contribution in [-0.4, -0.2) is 23.5 Å². The van der Waals surface area contributed by atoms with E-state index in [1.165, 1.54) is 10.6 Å². The Hall–Kier alpha value is -2.24. The van der Waals surface area contributed by atoms with Gasteiger partial charge in [-0.3, -0.25) is 4.79 Å². The first-order valence-electron chi connectivity index (χ1n) is 13.5. The lowest BCUT2D eigenvalue weighted by Crippen LogP contribution is -2.34. The van der Waals surface area contributed by atoms with Crippen LogP contribution < -0.4 is 10.6 Å². The molecular weight excluding hydrogens is 450 g/mol. The van der Waals surface area contributed by atoms with Crippen molar-refractivity contribution in [1.82, 2.24) is 10.3 Å². The minimum Gasteiger partial charge on any atom is -0.314 e. The first-order valence-corrected chi connectivity index (χ1v) is 14.3. The zero-order chi connectivity index (χ0) is 25.0. The molecule has 5 heteroatoms. The average Bonchev–Trinajstić information content (AvgIpc) is 3.26. The van der Waals surface area contributed by atoms with Gasteiger partial charge in [0.15, 0.2) is 5.13 Å². The highest BCUT2D eigenvalue weighted by Gasteiger charge is 2.22. The van der Waals surface area contributed by atoms with E-state index < -0.39 is 0 Å². The number of allylic oxidation sites excluding steroid dienone is 10. The Morgan fingerprint density at radius 3 is 2.20 bits per heavy atom. The second-order valence-electron chi connectivity index (χ2n) is 8.93. The van der Waals surface area contributed by atoms with Crippen LogP contribution in [0, 0.1) is 0 Å². The van der Waals surface area contributed by atoms with Crippen molar-refractivity contribution in [3.8, 4) is 0 Å². The van der Waals surface area contributed by atoms with Gasteiger partial charge in [-0.25, -0.2) is 4.98 Å². The van der Waals surface area contributed by atoms with Gasteiger partial charge in [-0.2, -0.15) is 0 Å². The molecule has 0 saturated carbocycles. The van der Waals surface area contributed by atoms with E-state index in [4.69, 9.17) is 0 Å². The van der Waals surface area contributed by atoms with Crippen LogP contribution in [0.5, 0.6) is 0 Å². The largest absolute Gasteiger partial charge is 0.314 e. The maximum absolute atomic E-state index is 12.3. The Bertz CT molecular complexity index is 863. The fourth-order valence-electron chi connectivity index (χ4n) is 3.88. The maximum Gasteiger partial charge on any atom is 0.226 e. The van der Waals surface area contributed by atoms with Crippen LogP contribution in [0.4, 0.5) is 5.13 Å². The van der Waals surface area contributed by atoms with Gasteiger partial charge in [-0.15, -0.1) is 11.3 Å². The van der Waals surface area contributed by atoms with Gasteiger partial charge < -0.3 is 10.6 Å². The van der Waals surface area contributed by atoms with Gasteiger partial charge in [-0.1, -0.05) is 74.6 Å². The van der Waals surface area contributed by atoms with Crippen molar-refractivity contribution in [3.05, 3.63) is 71.3 Å². The van der Waals surface area contributed by atoms with Crippen molar-refractivity contribution in [2.45, 2.75) is 96.9 Å². The molecule has 0 unspecified atom stereocenters. The van der Waals surface area contributed by atoms with Crippen LogP contribution in [0.2, 0.25) is 0 Å².